The molecule has 0 aromatic heterocycles. The molecule has 1 aliphatic heterocycles. The third-order valence-electron chi connectivity index (χ3n) is 5.00. The van der Waals surface area contributed by atoms with Crippen molar-refractivity contribution in [1.82, 2.24) is 9.80 Å². The lowest BCUT2D eigenvalue weighted by Gasteiger charge is -2.31. The minimum absolute atomic E-state index is 0.0732. The first-order valence-corrected chi connectivity index (χ1v) is 9.53. The Labute approximate surface area is 169 Å². The molecule has 0 bridgehead atoms. The number of carbonyl (C=O) groups is 3. The Balaban J connectivity index is 1.63. The van der Waals surface area contributed by atoms with Gasteiger partial charge >= 0.3 is 5.97 Å². The largest absolute Gasteiger partial charge is 0.481 e. The second-order valence-corrected chi connectivity index (χ2v) is 7.07. The first-order valence-electron chi connectivity index (χ1n) is 9.53. The van der Waals surface area contributed by atoms with Crippen molar-refractivity contribution in [1.29, 1.82) is 0 Å². The molecule has 29 heavy (non-hydrogen) atoms. The zero-order valence-corrected chi connectivity index (χ0v) is 16.3. The number of hydrogen-bond donors (Lipinski definition) is 1. The summed E-state index contributed by atoms with van der Waals surface area (Å²) in [4.78, 5) is 39.5. The Hall–Kier alpha value is -3.35. The normalized spacial score (nSPS) is 14.3. The van der Waals surface area contributed by atoms with E-state index in [-0.39, 0.29) is 18.4 Å². The molecule has 0 unspecified atom stereocenters. The van der Waals surface area contributed by atoms with Crippen molar-refractivity contribution < 1.29 is 24.2 Å². The van der Waals surface area contributed by atoms with Gasteiger partial charge in [0.25, 0.3) is 5.91 Å². The second-order valence-electron chi connectivity index (χ2n) is 7.07. The first kappa shape index (κ1) is 20.4. The number of para-hydroxylation sites is 2. The van der Waals surface area contributed by atoms with Gasteiger partial charge in [0.1, 0.15) is 11.5 Å². The number of benzene rings is 2. The van der Waals surface area contributed by atoms with E-state index in [4.69, 9.17) is 9.84 Å². The number of carboxylic acids is 1. The van der Waals surface area contributed by atoms with Crippen molar-refractivity contribution in [2.75, 3.05) is 26.7 Å². The van der Waals surface area contributed by atoms with Crippen LogP contribution in [-0.2, 0) is 9.59 Å². The van der Waals surface area contributed by atoms with Gasteiger partial charge in [-0.05, 0) is 37.1 Å². The van der Waals surface area contributed by atoms with Crippen molar-refractivity contribution in [3.63, 3.8) is 0 Å². The van der Waals surface area contributed by atoms with Crippen LogP contribution in [0.3, 0.4) is 0 Å². The zero-order valence-electron chi connectivity index (χ0n) is 16.3. The molecule has 7 heteroatoms. The highest BCUT2D eigenvalue weighted by molar-refractivity contribution is 5.98. The SMILES string of the molecule is CN(CC(=O)N1CCC(C(=O)O)CC1)C(=O)c1ccccc1Oc1ccccc1. The predicted molar refractivity (Wildman–Crippen MR) is 107 cm³/mol. The van der Waals surface area contributed by atoms with Crippen LogP contribution in [0, 0.1) is 5.92 Å². The molecule has 1 saturated heterocycles. The maximum absolute atomic E-state index is 12.9. The van der Waals surface area contributed by atoms with E-state index < -0.39 is 11.9 Å². The molecule has 1 aliphatic rings. The van der Waals surface area contributed by atoms with E-state index in [0.717, 1.165) is 0 Å². The summed E-state index contributed by atoms with van der Waals surface area (Å²) >= 11 is 0. The van der Waals surface area contributed by atoms with Crippen molar-refractivity contribution in [2.45, 2.75) is 12.8 Å². The quantitative estimate of drug-likeness (QED) is 0.811. The zero-order chi connectivity index (χ0) is 20.8. The number of aliphatic carboxylic acids is 1. The van der Waals surface area contributed by atoms with Crippen LogP contribution in [0.4, 0.5) is 0 Å². The van der Waals surface area contributed by atoms with Gasteiger partial charge in [0, 0.05) is 20.1 Å². The average Bonchev–Trinajstić information content (AvgIpc) is 2.74. The minimum Gasteiger partial charge on any atom is -0.481 e. The first-order chi connectivity index (χ1) is 14.0. The number of carboxylic acid groups (broad SMARTS) is 1. The number of likely N-dealkylation sites (tertiary alicyclic amines) is 1. The van der Waals surface area contributed by atoms with Gasteiger partial charge in [0.2, 0.25) is 5.91 Å². The summed E-state index contributed by atoms with van der Waals surface area (Å²) in [5.41, 5.74) is 0.372. The van der Waals surface area contributed by atoms with Crippen LogP contribution in [0.15, 0.2) is 54.6 Å². The Morgan fingerprint density at radius 3 is 2.31 bits per heavy atom. The van der Waals surface area contributed by atoms with Gasteiger partial charge < -0.3 is 19.6 Å². The Bertz CT molecular complexity index is 876. The molecular formula is C22H24N2O5. The monoisotopic (exact) mass is 396 g/mol. The number of piperidine rings is 1. The molecule has 2 aromatic rings. The number of hydrogen-bond acceptors (Lipinski definition) is 4. The lowest BCUT2D eigenvalue weighted by atomic mass is 9.97. The molecule has 152 valence electrons. The molecule has 3 rings (SSSR count). The maximum atomic E-state index is 12.9. The van der Waals surface area contributed by atoms with Crippen molar-refractivity contribution in [3.8, 4) is 11.5 Å². The molecular weight excluding hydrogens is 372 g/mol. The molecule has 2 aromatic carbocycles. The van der Waals surface area contributed by atoms with Gasteiger partial charge in [0.05, 0.1) is 18.0 Å². The van der Waals surface area contributed by atoms with Gasteiger partial charge in [0.15, 0.2) is 0 Å². The van der Waals surface area contributed by atoms with Crippen molar-refractivity contribution in [3.05, 3.63) is 60.2 Å². The van der Waals surface area contributed by atoms with Crippen molar-refractivity contribution >= 4 is 17.8 Å². The summed E-state index contributed by atoms with van der Waals surface area (Å²) in [6.45, 7) is 0.716. The average molecular weight is 396 g/mol. The third-order valence-corrected chi connectivity index (χ3v) is 5.00. The highest BCUT2D eigenvalue weighted by atomic mass is 16.5. The predicted octanol–water partition coefficient (Wildman–Crippen LogP) is 2.87. The van der Waals surface area contributed by atoms with E-state index in [1.165, 1.54) is 4.90 Å². The fourth-order valence-electron chi connectivity index (χ4n) is 3.30. The van der Waals surface area contributed by atoms with E-state index in [9.17, 15) is 14.4 Å². The molecule has 2 amide bonds. The Morgan fingerprint density at radius 1 is 1.03 bits per heavy atom. The van der Waals surface area contributed by atoms with Gasteiger partial charge in [-0.2, -0.15) is 0 Å². The van der Waals surface area contributed by atoms with Crippen LogP contribution in [-0.4, -0.2) is 59.4 Å². The number of carbonyl (C=O) groups excluding carboxylic acids is 2. The van der Waals surface area contributed by atoms with E-state index in [0.29, 0.717) is 43.0 Å². The summed E-state index contributed by atoms with van der Waals surface area (Å²) < 4.78 is 5.84. The standard InChI is InChI=1S/C22H24N2O5/c1-23(15-20(25)24-13-11-16(12-14-24)22(27)28)21(26)18-9-5-6-10-19(18)29-17-7-3-2-4-8-17/h2-10,16H,11-15H2,1H3,(H,27,28). The molecule has 0 radical (unpaired) electrons. The van der Waals surface area contributed by atoms with Crippen LogP contribution in [0.5, 0.6) is 11.5 Å². The maximum Gasteiger partial charge on any atom is 0.306 e. The van der Waals surface area contributed by atoms with Gasteiger partial charge in [-0.15, -0.1) is 0 Å². The fourth-order valence-corrected chi connectivity index (χ4v) is 3.30. The molecule has 1 fully saturated rings. The van der Waals surface area contributed by atoms with E-state index in [2.05, 4.69) is 0 Å². The highest BCUT2D eigenvalue weighted by Gasteiger charge is 2.28. The van der Waals surface area contributed by atoms with E-state index in [1.54, 1.807) is 48.3 Å². The minimum atomic E-state index is -0.820. The number of ether oxygens (including phenoxy) is 1. The lowest BCUT2D eigenvalue weighted by Crippen LogP contribution is -2.45. The molecule has 0 spiro atoms. The summed E-state index contributed by atoms with van der Waals surface area (Å²) in [6.07, 6.45) is 0.874. The van der Waals surface area contributed by atoms with Crippen LogP contribution >= 0.6 is 0 Å². The summed E-state index contributed by atoms with van der Waals surface area (Å²) in [5, 5.41) is 9.07. The Kier molecular flexibility index (Phi) is 6.49. The van der Waals surface area contributed by atoms with Gasteiger partial charge in [-0.1, -0.05) is 30.3 Å². The third kappa shape index (κ3) is 5.13. The number of amides is 2. The second kappa shape index (κ2) is 9.23. The summed E-state index contributed by atoms with van der Waals surface area (Å²) in [5.74, 6) is -0.686. The van der Waals surface area contributed by atoms with E-state index >= 15 is 0 Å². The van der Waals surface area contributed by atoms with Crippen LogP contribution in [0.2, 0.25) is 0 Å². The molecule has 1 heterocycles. The highest BCUT2D eigenvalue weighted by Crippen LogP contribution is 2.26. The topological polar surface area (TPSA) is 87.2 Å². The van der Waals surface area contributed by atoms with Crippen LogP contribution in [0.25, 0.3) is 0 Å². The van der Waals surface area contributed by atoms with Gasteiger partial charge in [-0.25, -0.2) is 0 Å². The Morgan fingerprint density at radius 2 is 1.66 bits per heavy atom. The van der Waals surface area contributed by atoms with Crippen molar-refractivity contribution in [2.24, 2.45) is 5.92 Å². The number of likely N-dealkylation sites (N-methyl/N-ethyl adjacent to an activating group) is 1. The summed E-state index contributed by atoms with van der Waals surface area (Å²) in [6, 6.07) is 16.1. The smallest absolute Gasteiger partial charge is 0.306 e. The lowest BCUT2D eigenvalue weighted by molar-refractivity contribution is -0.145. The molecule has 0 saturated carbocycles. The van der Waals surface area contributed by atoms with Crippen LogP contribution in [0.1, 0.15) is 23.2 Å². The van der Waals surface area contributed by atoms with Crippen LogP contribution < -0.4 is 4.74 Å². The van der Waals surface area contributed by atoms with Gasteiger partial charge in [-0.3, -0.25) is 14.4 Å². The summed E-state index contributed by atoms with van der Waals surface area (Å²) in [7, 11) is 1.57. The molecule has 0 aliphatic carbocycles. The fraction of sp³-hybridized carbons (Fsp3) is 0.318. The number of rotatable bonds is 6. The van der Waals surface area contributed by atoms with E-state index in [1.807, 2.05) is 18.2 Å². The number of nitrogens with zero attached hydrogens (tertiary/aromatic N) is 2. The molecule has 7 nitrogen and oxygen atoms in total. The molecule has 1 N–H and O–H groups in total. The molecule has 0 atom stereocenters.